The standard InChI is InChI=1S/C21H20N2O3/c1-23-13-12-17(14-19(23)24)21(25)22-20(15-6-4-3-5-7-15)16-8-10-18(26-2)11-9-16/h3-14,20H,1-2H3,(H,22,25)/t20-/m1/s1. The summed E-state index contributed by atoms with van der Waals surface area (Å²) in [4.78, 5) is 24.5. The minimum atomic E-state index is -0.335. The summed E-state index contributed by atoms with van der Waals surface area (Å²) in [6.07, 6.45) is 1.59. The van der Waals surface area contributed by atoms with Crippen LogP contribution in [0.1, 0.15) is 27.5 Å². The lowest BCUT2D eigenvalue weighted by Crippen LogP contribution is -2.30. The van der Waals surface area contributed by atoms with Crippen LogP contribution in [-0.4, -0.2) is 17.6 Å². The van der Waals surface area contributed by atoms with Crippen molar-refractivity contribution in [2.75, 3.05) is 7.11 Å². The molecule has 1 atom stereocenters. The van der Waals surface area contributed by atoms with E-state index < -0.39 is 0 Å². The van der Waals surface area contributed by atoms with Crippen molar-refractivity contribution in [3.63, 3.8) is 0 Å². The first-order valence-corrected chi connectivity index (χ1v) is 8.25. The van der Waals surface area contributed by atoms with E-state index in [1.54, 1.807) is 26.4 Å². The zero-order valence-corrected chi connectivity index (χ0v) is 14.7. The summed E-state index contributed by atoms with van der Waals surface area (Å²) in [5.41, 5.74) is 1.99. The fourth-order valence-corrected chi connectivity index (χ4v) is 2.71. The van der Waals surface area contributed by atoms with Crippen molar-refractivity contribution in [3.05, 3.63) is 100.0 Å². The van der Waals surface area contributed by atoms with Gasteiger partial charge in [0, 0.05) is 24.9 Å². The number of benzene rings is 2. The number of methoxy groups -OCH3 is 1. The van der Waals surface area contributed by atoms with E-state index in [1.807, 2.05) is 54.6 Å². The fraction of sp³-hybridized carbons (Fsp3) is 0.143. The molecule has 0 unspecified atom stereocenters. The van der Waals surface area contributed by atoms with Crippen molar-refractivity contribution in [2.24, 2.45) is 7.05 Å². The van der Waals surface area contributed by atoms with Crippen LogP contribution in [0, 0.1) is 0 Å². The number of ether oxygens (including phenoxy) is 1. The molecular weight excluding hydrogens is 328 g/mol. The fourth-order valence-electron chi connectivity index (χ4n) is 2.71. The maximum absolute atomic E-state index is 12.7. The highest BCUT2D eigenvalue weighted by Gasteiger charge is 2.18. The average Bonchev–Trinajstić information content (AvgIpc) is 2.69. The second kappa shape index (κ2) is 7.70. The smallest absolute Gasteiger partial charge is 0.252 e. The number of carbonyl (C=O) groups is 1. The molecule has 5 nitrogen and oxygen atoms in total. The van der Waals surface area contributed by atoms with Crippen LogP contribution in [0.3, 0.4) is 0 Å². The molecule has 0 fully saturated rings. The Bertz CT molecular complexity index is 947. The maximum atomic E-state index is 12.7. The molecule has 2 aromatic carbocycles. The lowest BCUT2D eigenvalue weighted by atomic mass is 9.98. The first-order chi connectivity index (χ1) is 12.6. The van der Waals surface area contributed by atoms with E-state index in [1.165, 1.54) is 10.6 Å². The second-order valence-corrected chi connectivity index (χ2v) is 5.95. The molecule has 0 spiro atoms. The van der Waals surface area contributed by atoms with Gasteiger partial charge in [0.25, 0.3) is 11.5 Å². The van der Waals surface area contributed by atoms with Gasteiger partial charge in [-0.05, 0) is 29.3 Å². The first kappa shape index (κ1) is 17.5. The Labute approximate surface area is 151 Å². The summed E-state index contributed by atoms with van der Waals surface area (Å²) in [6, 6.07) is 19.9. The Morgan fingerprint density at radius 1 is 1.00 bits per heavy atom. The van der Waals surface area contributed by atoms with E-state index in [-0.39, 0.29) is 17.5 Å². The summed E-state index contributed by atoms with van der Waals surface area (Å²) in [5, 5.41) is 3.02. The third kappa shape index (κ3) is 3.83. The van der Waals surface area contributed by atoms with E-state index in [9.17, 15) is 9.59 Å². The number of aryl methyl sites for hydroxylation is 1. The van der Waals surface area contributed by atoms with Crippen molar-refractivity contribution in [3.8, 4) is 5.75 Å². The highest BCUT2D eigenvalue weighted by Crippen LogP contribution is 2.24. The van der Waals surface area contributed by atoms with Gasteiger partial charge in [-0.1, -0.05) is 42.5 Å². The van der Waals surface area contributed by atoms with Gasteiger partial charge in [-0.25, -0.2) is 0 Å². The molecule has 26 heavy (non-hydrogen) atoms. The van der Waals surface area contributed by atoms with Crippen LogP contribution in [0.15, 0.2) is 77.7 Å². The van der Waals surface area contributed by atoms with E-state index >= 15 is 0 Å². The van der Waals surface area contributed by atoms with Gasteiger partial charge < -0.3 is 14.6 Å². The van der Waals surface area contributed by atoms with Gasteiger partial charge in [0.1, 0.15) is 5.75 Å². The number of amides is 1. The molecule has 0 radical (unpaired) electrons. The predicted molar refractivity (Wildman–Crippen MR) is 100 cm³/mol. The van der Waals surface area contributed by atoms with Crippen LogP contribution in [0.4, 0.5) is 0 Å². The summed E-state index contributed by atoms with van der Waals surface area (Å²) in [5.74, 6) is 0.450. The molecule has 0 saturated heterocycles. The summed E-state index contributed by atoms with van der Waals surface area (Å²) < 4.78 is 6.63. The number of hydrogen-bond donors (Lipinski definition) is 1. The molecule has 5 heteroatoms. The molecule has 1 amide bonds. The Kier molecular flexibility index (Phi) is 5.17. The molecule has 0 bridgehead atoms. The molecule has 0 aliphatic heterocycles. The number of carbonyl (C=O) groups excluding carboxylic acids is 1. The van der Waals surface area contributed by atoms with E-state index in [0.717, 1.165) is 16.9 Å². The molecule has 0 aliphatic carbocycles. The topological polar surface area (TPSA) is 60.3 Å². The number of nitrogens with one attached hydrogen (secondary N) is 1. The Morgan fingerprint density at radius 3 is 2.27 bits per heavy atom. The highest BCUT2D eigenvalue weighted by atomic mass is 16.5. The third-order valence-corrected chi connectivity index (χ3v) is 4.22. The maximum Gasteiger partial charge on any atom is 0.252 e. The van der Waals surface area contributed by atoms with Crippen LogP contribution >= 0.6 is 0 Å². The van der Waals surface area contributed by atoms with Crippen LogP contribution in [0.2, 0.25) is 0 Å². The van der Waals surface area contributed by atoms with Crippen molar-refractivity contribution in [1.29, 1.82) is 0 Å². The second-order valence-electron chi connectivity index (χ2n) is 5.95. The van der Waals surface area contributed by atoms with Gasteiger partial charge in [-0.3, -0.25) is 9.59 Å². The Morgan fingerprint density at radius 2 is 1.65 bits per heavy atom. The van der Waals surface area contributed by atoms with Crippen molar-refractivity contribution in [2.45, 2.75) is 6.04 Å². The zero-order valence-electron chi connectivity index (χ0n) is 14.7. The molecule has 0 saturated carbocycles. The van der Waals surface area contributed by atoms with E-state index in [4.69, 9.17) is 4.74 Å². The highest BCUT2D eigenvalue weighted by molar-refractivity contribution is 5.94. The van der Waals surface area contributed by atoms with E-state index in [0.29, 0.717) is 5.56 Å². The monoisotopic (exact) mass is 348 g/mol. The number of nitrogens with zero attached hydrogens (tertiary/aromatic N) is 1. The largest absolute Gasteiger partial charge is 0.497 e. The number of rotatable bonds is 5. The van der Waals surface area contributed by atoms with Crippen LogP contribution in [-0.2, 0) is 7.05 Å². The SMILES string of the molecule is COc1ccc([C@H](NC(=O)c2ccn(C)c(=O)c2)c2ccccc2)cc1. The molecule has 1 aromatic heterocycles. The Hall–Kier alpha value is -3.34. The molecule has 3 aromatic rings. The van der Waals surface area contributed by atoms with Crippen LogP contribution in [0.5, 0.6) is 5.75 Å². The van der Waals surface area contributed by atoms with Crippen molar-refractivity contribution in [1.82, 2.24) is 9.88 Å². The molecule has 0 aliphatic rings. The molecule has 1 N–H and O–H groups in total. The van der Waals surface area contributed by atoms with E-state index in [2.05, 4.69) is 5.32 Å². The number of aromatic nitrogens is 1. The number of pyridine rings is 1. The van der Waals surface area contributed by atoms with Gasteiger partial charge in [0.2, 0.25) is 0 Å². The minimum Gasteiger partial charge on any atom is -0.497 e. The van der Waals surface area contributed by atoms with Gasteiger partial charge in [-0.15, -0.1) is 0 Å². The Balaban J connectivity index is 1.93. The lowest BCUT2D eigenvalue weighted by molar-refractivity contribution is 0.0942. The molecule has 3 rings (SSSR count). The van der Waals surface area contributed by atoms with Crippen molar-refractivity contribution >= 4 is 5.91 Å². The average molecular weight is 348 g/mol. The molecular formula is C21H20N2O3. The normalized spacial score (nSPS) is 11.6. The van der Waals surface area contributed by atoms with Gasteiger partial charge in [0.05, 0.1) is 13.2 Å². The van der Waals surface area contributed by atoms with Crippen molar-refractivity contribution < 1.29 is 9.53 Å². The zero-order chi connectivity index (χ0) is 18.5. The summed E-state index contributed by atoms with van der Waals surface area (Å²) in [6.45, 7) is 0. The van der Waals surface area contributed by atoms with Gasteiger partial charge >= 0.3 is 0 Å². The lowest BCUT2D eigenvalue weighted by Gasteiger charge is -2.20. The summed E-state index contributed by atoms with van der Waals surface area (Å²) in [7, 11) is 3.26. The van der Waals surface area contributed by atoms with Gasteiger partial charge in [0.15, 0.2) is 0 Å². The van der Waals surface area contributed by atoms with Crippen LogP contribution in [0.25, 0.3) is 0 Å². The predicted octanol–water partition coefficient (Wildman–Crippen LogP) is 2.91. The molecule has 132 valence electrons. The summed E-state index contributed by atoms with van der Waals surface area (Å²) >= 11 is 0. The minimum absolute atomic E-state index is 0.224. The first-order valence-electron chi connectivity index (χ1n) is 8.25. The van der Waals surface area contributed by atoms with Crippen LogP contribution < -0.4 is 15.6 Å². The molecule has 1 heterocycles. The van der Waals surface area contributed by atoms with Gasteiger partial charge in [-0.2, -0.15) is 0 Å². The quantitative estimate of drug-likeness (QED) is 0.771. The number of hydrogen-bond acceptors (Lipinski definition) is 3. The third-order valence-electron chi connectivity index (χ3n) is 4.22.